The highest BCUT2D eigenvalue weighted by molar-refractivity contribution is 6.30. The van der Waals surface area contributed by atoms with E-state index in [4.69, 9.17) is 23.2 Å². The summed E-state index contributed by atoms with van der Waals surface area (Å²) in [5.41, 5.74) is 0.865. The van der Waals surface area contributed by atoms with Crippen LogP contribution in [-0.4, -0.2) is 76.4 Å². The molecule has 0 aliphatic carbocycles. The lowest BCUT2D eigenvalue weighted by Crippen LogP contribution is -2.56. The van der Waals surface area contributed by atoms with Gasteiger partial charge in [0, 0.05) is 61.7 Å². The fraction of sp³-hybridized carbons (Fsp3) is 0.500. The molecule has 2 saturated heterocycles. The Hall–Kier alpha value is -2.61. The first-order valence-corrected chi connectivity index (χ1v) is 14.3. The lowest BCUT2D eigenvalue weighted by Gasteiger charge is -2.51. The first-order valence-electron chi connectivity index (χ1n) is 13.5. The van der Waals surface area contributed by atoms with Crippen LogP contribution in [0.5, 0.6) is 0 Å². The van der Waals surface area contributed by atoms with Gasteiger partial charge in [0.2, 0.25) is 11.8 Å². The summed E-state index contributed by atoms with van der Waals surface area (Å²) in [7, 11) is 0. The number of likely N-dealkylation sites (tertiary alicyclic amines) is 1. The van der Waals surface area contributed by atoms with E-state index in [1.54, 1.807) is 13.8 Å². The third-order valence-electron chi connectivity index (χ3n) is 8.29. The Balaban J connectivity index is 1.69. The first-order chi connectivity index (χ1) is 18.5. The average molecular weight is 575 g/mol. The van der Waals surface area contributed by atoms with Gasteiger partial charge in [-0.3, -0.25) is 19.3 Å². The van der Waals surface area contributed by atoms with E-state index in [0.29, 0.717) is 29.6 Å². The molecule has 210 valence electrons. The maximum Gasteiger partial charge on any atom is 0.304 e. The van der Waals surface area contributed by atoms with E-state index < -0.39 is 11.4 Å². The zero-order valence-corrected chi connectivity index (χ0v) is 24.3. The number of amides is 2. The zero-order chi connectivity index (χ0) is 28.3. The van der Waals surface area contributed by atoms with Crippen LogP contribution in [0.4, 0.5) is 0 Å². The molecule has 0 aromatic heterocycles. The number of piperazine rings is 1. The van der Waals surface area contributed by atoms with Gasteiger partial charge in [-0.15, -0.1) is 0 Å². The van der Waals surface area contributed by atoms with Crippen molar-refractivity contribution in [3.05, 3.63) is 69.7 Å². The van der Waals surface area contributed by atoms with Crippen LogP contribution in [0.2, 0.25) is 10.0 Å². The van der Waals surface area contributed by atoms with Crippen molar-refractivity contribution in [3.63, 3.8) is 0 Å². The van der Waals surface area contributed by atoms with Gasteiger partial charge in [-0.05, 0) is 55.2 Å². The SMILES string of the molecule is CC(=O)N1CCN(CC[C@H](C)N2C(=O)[C@](C)(CC(=O)O)C[C@H](c3cccc(Cl)c3)[C@H]2c2ccc(Cl)cc2)CC1. The van der Waals surface area contributed by atoms with Crippen LogP contribution in [0.3, 0.4) is 0 Å². The normalized spacial score (nSPS) is 25.0. The van der Waals surface area contributed by atoms with Gasteiger partial charge in [0.1, 0.15) is 0 Å². The van der Waals surface area contributed by atoms with Crippen molar-refractivity contribution in [2.45, 2.75) is 58.0 Å². The second-order valence-corrected chi connectivity index (χ2v) is 12.1. The number of piperidine rings is 1. The van der Waals surface area contributed by atoms with Crippen LogP contribution in [-0.2, 0) is 14.4 Å². The molecule has 0 unspecified atom stereocenters. The molecule has 2 aromatic rings. The fourth-order valence-corrected chi connectivity index (χ4v) is 6.48. The maximum atomic E-state index is 14.2. The standard InChI is InChI=1S/C30H37Cl2N3O4/c1-20(11-12-33-13-15-34(16-14-33)21(2)36)35-28(22-7-9-24(31)10-8-22)26(23-5-4-6-25(32)17-23)18-30(3,29(35)39)19-27(37)38/h4-10,17,20,26,28H,11-16,18-19H2,1-3H3,(H,37,38)/t20-,26+,28+,30-/m0/s1. The van der Waals surface area contributed by atoms with Crippen molar-refractivity contribution < 1.29 is 19.5 Å². The average Bonchev–Trinajstić information content (AvgIpc) is 2.89. The molecule has 4 rings (SSSR count). The van der Waals surface area contributed by atoms with Gasteiger partial charge in [-0.25, -0.2) is 0 Å². The molecule has 2 aromatic carbocycles. The van der Waals surface area contributed by atoms with Gasteiger partial charge in [-0.1, -0.05) is 54.4 Å². The number of hydrogen-bond acceptors (Lipinski definition) is 4. The van der Waals surface area contributed by atoms with Gasteiger partial charge in [0.05, 0.1) is 17.9 Å². The summed E-state index contributed by atoms with van der Waals surface area (Å²) < 4.78 is 0. The van der Waals surface area contributed by atoms with Gasteiger partial charge >= 0.3 is 5.97 Å². The molecule has 9 heteroatoms. The summed E-state index contributed by atoms with van der Waals surface area (Å²) in [6.45, 7) is 9.20. The van der Waals surface area contributed by atoms with Crippen molar-refractivity contribution >= 4 is 41.0 Å². The van der Waals surface area contributed by atoms with E-state index in [9.17, 15) is 19.5 Å². The highest BCUT2D eigenvalue weighted by Gasteiger charge is 2.51. The topological polar surface area (TPSA) is 81.2 Å². The van der Waals surface area contributed by atoms with Crippen molar-refractivity contribution in [1.82, 2.24) is 14.7 Å². The molecular formula is C30H37Cl2N3O4. The second kappa shape index (κ2) is 12.3. The summed E-state index contributed by atoms with van der Waals surface area (Å²) in [5, 5.41) is 11.0. The number of halogens is 2. The highest BCUT2D eigenvalue weighted by atomic mass is 35.5. The monoisotopic (exact) mass is 573 g/mol. The maximum absolute atomic E-state index is 14.2. The quantitative estimate of drug-likeness (QED) is 0.452. The molecule has 39 heavy (non-hydrogen) atoms. The number of carboxylic acid groups (broad SMARTS) is 1. The Morgan fingerprint density at radius 2 is 1.69 bits per heavy atom. The van der Waals surface area contributed by atoms with E-state index in [-0.39, 0.29) is 36.2 Å². The summed E-state index contributed by atoms with van der Waals surface area (Å²) in [6.07, 6.45) is 0.871. The number of aliphatic carboxylic acids is 1. The molecule has 0 bridgehead atoms. The Morgan fingerprint density at radius 3 is 2.28 bits per heavy atom. The van der Waals surface area contributed by atoms with Gasteiger partial charge < -0.3 is 14.9 Å². The minimum atomic E-state index is -1.07. The number of carbonyl (C=O) groups is 3. The molecule has 2 heterocycles. The van der Waals surface area contributed by atoms with Crippen LogP contribution < -0.4 is 0 Å². The smallest absolute Gasteiger partial charge is 0.304 e. The molecule has 0 saturated carbocycles. The molecule has 7 nitrogen and oxygen atoms in total. The Morgan fingerprint density at radius 1 is 1.03 bits per heavy atom. The summed E-state index contributed by atoms with van der Waals surface area (Å²) in [6, 6.07) is 14.8. The highest BCUT2D eigenvalue weighted by Crippen LogP contribution is 2.52. The number of benzene rings is 2. The van der Waals surface area contributed by atoms with Crippen molar-refractivity contribution in [2.24, 2.45) is 5.41 Å². The third kappa shape index (κ3) is 6.76. The van der Waals surface area contributed by atoms with Crippen LogP contribution >= 0.6 is 23.2 Å². The first kappa shape index (κ1) is 29.4. The minimum Gasteiger partial charge on any atom is -0.481 e. The Kier molecular flexibility index (Phi) is 9.25. The molecule has 4 atom stereocenters. The van der Waals surface area contributed by atoms with E-state index in [0.717, 1.165) is 37.2 Å². The van der Waals surface area contributed by atoms with E-state index in [1.807, 2.05) is 65.3 Å². The van der Waals surface area contributed by atoms with Crippen molar-refractivity contribution in [1.29, 1.82) is 0 Å². The summed E-state index contributed by atoms with van der Waals surface area (Å²) in [4.78, 5) is 44.0. The predicted octanol–water partition coefficient (Wildman–Crippen LogP) is 5.47. The predicted molar refractivity (Wildman–Crippen MR) is 153 cm³/mol. The van der Waals surface area contributed by atoms with Crippen LogP contribution in [0.1, 0.15) is 63.1 Å². The van der Waals surface area contributed by atoms with Crippen LogP contribution in [0.25, 0.3) is 0 Å². The molecule has 1 N–H and O–H groups in total. The van der Waals surface area contributed by atoms with Gasteiger partial charge in [-0.2, -0.15) is 0 Å². The molecular weight excluding hydrogens is 537 g/mol. The van der Waals surface area contributed by atoms with E-state index in [2.05, 4.69) is 4.90 Å². The van der Waals surface area contributed by atoms with Gasteiger partial charge in [0.25, 0.3) is 0 Å². The lowest BCUT2D eigenvalue weighted by atomic mass is 9.67. The second-order valence-electron chi connectivity index (χ2n) is 11.2. The van der Waals surface area contributed by atoms with Crippen molar-refractivity contribution in [3.8, 4) is 0 Å². The summed E-state index contributed by atoms with van der Waals surface area (Å²) >= 11 is 12.6. The minimum absolute atomic E-state index is 0.0949. The zero-order valence-electron chi connectivity index (χ0n) is 22.8. The fourth-order valence-electron chi connectivity index (χ4n) is 6.16. The van der Waals surface area contributed by atoms with Gasteiger partial charge in [0.15, 0.2) is 0 Å². The summed E-state index contributed by atoms with van der Waals surface area (Å²) in [5.74, 6) is -1.19. The number of nitrogens with zero attached hydrogens (tertiary/aromatic N) is 3. The van der Waals surface area contributed by atoms with Crippen LogP contribution in [0.15, 0.2) is 48.5 Å². The molecule has 2 aliphatic rings. The Bertz CT molecular complexity index is 1200. The molecule has 0 radical (unpaired) electrons. The largest absolute Gasteiger partial charge is 0.481 e. The number of carboxylic acids is 1. The molecule has 2 amide bonds. The van der Waals surface area contributed by atoms with E-state index >= 15 is 0 Å². The Labute approximate surface area is 240 Å². The third-order valence-corrected chi connectivity index (χ3v) is 8.77. The lowest BCUT2D eigenvalue weighted by molar-refractivity contribution is -0.160. The molecule has 0 spiro atoms. The van der Waals surface area contributed by atoms with E-state index in [1.165, 1.54) is 0 Å². The molecule has 2 fully saturated rings. The molecule has 2 aliphatic heterocycles. The van der Waals surface area contributed by atoms with Crippen LogP contribution in [0, 0.1) is 5.41 Å². The number of rotatable bonds is 8. The number of carbonyl (C=O) groups excluding carboxylic acids is 2. The van der Waals surface area contributed by atoms with Crippen molar-refractivity contribution in [2.75, 3.05) is 32.7 Å². The number of hydrogen-bond donors (Lipinski definition) is 1.